The number of hydrogen-bond donors (Lipinski definition) is 1. The van der Waals surface area contributed by atoms with E-state index < -0.39 is 36.1 Å². The number of esters is 1. The molecule has 0 saturated heterocycles. The number of carbonyl (C=O) groups is 4. The first-order chi connectivity index (χ1) is 12.4. The maximum atomic E-state index is 12.2. The Morgan fingerprint density at radius 1 is 1.23 bits per heavy atom. The number of nitriles is 1. The summed E-state index contributed by atoms with van der Waals surface area (Å²) < 4.78 is 4.79. The number of ketones is 1. The van der Waals surface area contributed by atoms with Gasteiger partial charge in [-0.15, -0.1) is 0 Å². The molecule has 1 aromatic rings. The van der Waals surface area contributed by atoms with Crippen LogP contribution in [0.2, 0.25) is 0 Å². The van der Waals surface area contributed by atoms with Crippen LogP contribution in [0.15, 0.2) is 24.3 Å². The fraction of sp³-hybridized carbons (Fsp3) is 0.333. The minimum atomic E-state index is -1.22. The SMILES string of the molecule is CC(=N)C(C#N)C(=O)COC(=O)CCCN1C(=O)c2ccccc2C1=O. The molecule has 2 amide bonds. The molecule has 0 bridgehead atoms. The van der Waals surface area contributed by atoms with E-state index in [4.69, 9.17) is 15.4 Å². The van der Waals surface area contributed by atoms with Crippen molar-refractivity contribution >= 4 is 29.3 Å². The molecule has 1 N–H and O–H groups in total. The lowest BCUT2D eigenvalue weighted by Crippen LogP contribution is -2.31. The first-order valence-electron chi connectivity index (χ1n) is 7.95. The van der Waals surface area contributed by atoms with Crippen LogP contribution in [0, 0.1) is 22.7 Å². The van der Waals surface area contributed by atoms with Crippen LogP contribution in [0.25, 0.3) is 0 Å². The number of imide groups is 1. The van der Waals surface area contributed by atoms with Crippen LogP contribution < -0.4 is 0 Å². The van der Waals surface area contributed by atoms with Gasteiger partial charge in [0, 0.05) is 18.7 Å². The first-order valence-corrected chi connectivity index (χ1v) is 7.95. The number of ether oxygens (including phenoxy) is 1. The lowest BCUT2D eigenvalue weighted by molar-refractivity contribution is -0.148. The van der Waals surface area contributed by atoms with Crippen molar-refractivity contribution in [1.82, 2.24) is 4.90 Å². The van der Waals surface area contributed by atoms with Crippen LogP contribution in [-0.4, -0.2) is 47.3 Å². The quantitative estimate of drug-likeness (QED) is 0.426. The maximum Gasteiger partial charge on any atom is 0.306 e. The minimum Gasteiger partial charge on any atom is -0.458 e. The smallest absolute Gasteiger partial charge is 0.306 e. The van der Waals surface area contributed by atoms with Gasteiger partial charge in [0.05, 0.1) is 17.2 Å². The monoisotopic (exact) mass is 355 g/mol. The van der Waals surface area contributed by atoms with E-state index in [9.17, 15) is 19.2 Å². The summed E-state index contributed by atoms with van der Waals surface area (Å²) in [6.45, 7) is 0.811. The summed E-state index contributed by atoms with van der Waals surface area (Å²) in [6.07, 6.45) is 0.116. The molecule has 1 aliphatic heterocycles. The van der Waals surface area contributed by atoms with E-state index in [-0.39, 0.29) is 25.1 Å². The molecule has 0 aromatic heterocycles. The number of carbonyl (C=O) groups excluding carboxylic acids is 4. The van der Waals surface area contributed by atoms with Crippen LogP contribution in [0.5, 0.6) is 0 Å². The number of nitrogens with one attached hydrogen (secondary N) is 1. The Hall–Kier alpha value is -3.34. The van der Waals surface area contributed by atoms with Crippen molar-refractivity contribution < 1.29 is 23.9 Å². The Kier molecular flexibility index (Phi) is 5.96. The first kappa shape index (κ1) is 19.0. The second kappa shape index (κ2) is 8.16. The zero-order chi connectivity index (χ0) is 19.3. The van der Waals surface area contributed by atoms with E-state index in [0.29, 0.717) is 11.1 Å². The summed E-state index contributed by atoms with van der Waals surface area (Å²) in [7, 11) is 0. The molecule has 1 unspecified atom stereocenters. The largest absolute Gasteiger partial charge is 0.458 e. The molecule has 0 aliphatic carbocycles. The predicted molar refractivity (Wildman–Crippen MR) is 89.5 cm³/mol. The van der Waals surface area contributed by atoms with Crippen LogP contribution >= 0.6 is 0 Å². The highest BCUT2D eigenvalue weighted by atomic mass is 16.5. The van der Waals surface area contributed by atoms with Gasteiger partial charge in [-0.2, -0.15) is 5.26 Å². The van der Waals surface area contributed by atoms with Gasteiger partial charge in [0.2, 0.25) is 0 Å². The van der Waals surface area contributed by atoms with Crippen molar-refractivity contribution in [3.63, 3.8) is 0 Å². The molecule has 26 heavy (non-hydrogen) atoms. The molecule has 2 rings (SSSR count). The fourth-order valence-corrected chi connectivity index (χ4v) is 2.54. The Morgan fingerprint density at radius 2 is 1.81 bits per heavy atom. The molecule has 134 valence electrons. The molecule has 1 aromatic carbocycles. The summed E-state index contributed by atoms with van der Waals surface area (Å²) in [5.74, 6) is -3.34. The Balaban J connectivity index is 1.79. The molecule has 0 radical (unpaired) electrons. The van der Waals surface area contributed by atoms with E-state index in [2.05, 4.69) is 0 Å². The van der Waals surface area contributed by atoms with Gasteiger partial charge < -0.3 is 10.1 Å². The number of hydrogen-bond acceptors (Lipinski definition) is 7. The zero-order valence-electron chi connectivity index (χ0n) is 14.2. The van der Waals surface area contributed by atoms with Crippen LogP contribution in [0.4, 0.5) is 0 Å². The Bertz CT molecular complexity index is 789. The van der Waals surface area contributed by atoms with Crippen molar-refractivity contribution in [2.24, 2.45) is 5.92 Å². The van der Waals surface area contributed by atoms with Gasteiger partial charge in [-0.05, 0) is 25.5 Å². The minimum absolute atomic E-state index is 0.0653. The van der Waals surface area contributed by atoms with Crippen molar-refractivity contribution in [3.05, 3.63) is 35.4 Å². The number of rotatable bonds is 8. The number of benzene rings is 1. The van der Waals surface area contributed by atoms with Gasteiger partial charge in [0.1, 0.15) is 5.92 Å². The average molecular weight is 355 g/mol. The molecule has 1 atom stereocenters. The van der Waals surface area contributed by atoms with Gasteiger partial charge in [0.25, 0.3) is 11.8 Å². The Labute approximate surface area is 149 Å². The number of nitrogens with zero attached hydrogens (tertiary/aromatic N) is 2. The second-order valence-corrected chi connectivity index (χ2v) is 5.78. The van der Waals surface area contributed by atoms with Crippen LogP contribution in [0.3, 0.4) is 0 Å². The second-order valence-electron chi connectivity index (χ2n) is 5.78. The van der Waals surface area contributed by atoms with Crippen molar-refractivity contribution in [3.8, 4) is 6.07 Å². The summed E-state index contributed by atoms with van der Waals surface area (Å²) >= 11 is 0. The van der Waals surface area contributed by atoms with E-state index in [1.165, 1.54) is 6.92 Å². The van der Waals surface area contributed by atoms with Gasteiger partial charge in [-0.1, -0.05) is 12.1 Å². The lowest BCUT2D eigenvalue weighted by Gasteiger charge is -2.13. The van der Waals surface area contributed by atoms with Crippen molar-refractivity contribution in [2.45, 2.75) is 19.8 Å². The highest BCUT2D eigenvalue weighted by Gasteiger charge is 2.34. The van der Waals surface area contributed by atoms with Crippen LogP contribution in [-0.2, 0) is 14.3 Å². The summed E-state index contributed by atoms with van der Waals surface area (Å²) in [4.78, 5) is 48.8. The summed E-state index contributed by atoms with van der Waals surface area (Å²) in [6, 6.07) is 8.17. The van der Waals surface area contributed by atoms with E-state index >= 15 is 0 Å². The molecule has 8 nitrogen and oxygen atoms in total. The van der Waals surface area contributed by atoms with E-state index in [1.54, 1.807) is 30.3 Å². The molecule has 0 fully saturated rings. The third kappa shape index (κ3) is 4.00. The van der Waals surface area contributed by atoms with Gasteiger partial charge in [-0.25, -0.2) is 0 Å². The van der Waals surface area contributed by atoms with Gasteiger partial charge in [0.15, 0.2) is 12.4 Å². The summed E-state index contributed by atoms with van der Waals surface area (Å²) in [5, 5.41) is 16.1. The van der Waals surface area contributed by atoms with E-state index in [1.807, 2.05) is 0 Å². The fourth-order valence-electron chi connectivity index (χ4n) is 2.54. The highest BCUT2D eigenvalue weighted by molar-refractivity contribution is 6.21. The number of fused-ring (bicyclic) bond motifs is 1. The lowest BCUT2D eigenvalue weighted by atomic mass is 10.0. The van der Waals surface area contributed by atoms with E-state index in [0.717, 1.165) is 4.90 Å². The topological polar surface area (TPSA) is 128 Å². The standard InChI is InChI=1S/C18H17N3O5/c1-11(20)14(9-19)15(22)10-26-16(23)7-4-8-21-17(24)12-5-2-3-6-13(12)18(21)25/h2-3,5-6,14,20H,4,7-8,10H2,1H3. The molecular weight excluding hydrogens is 338 g/mol. The summed E-state index contributed by atoms with van der Waals surface area (Å²) in [5.41, 5.74) is 0.574. The highest BCUT2D eigenvalue weighted by Crippen LogP contribution is 2.22. The molecule has 8 heteroatoms. The molecular formula is C18H17N3O5. The Morgan fingerprint density at radius 3 is 2.31 bits per heavy atom. The third-order valence-electron chi connectivity index (χ3n) is 3.90. The third-order valence-corrected chi connectivity index (χ3v) is 3.90. The maximum absolute atomic E-state index is 12.2. The number of Topliss-reactive ketones (excluding diaryl/α,β-unsaturated/α-hetero) is 1. The van der Waals surface area contributed by atoms with Crippen LogP contribution in [0.1, 0.15) is 40.5 Å². The molecule has 1 aliphatic rings. The molecule has 0 saturated carbocycles. The molecule has 1 heterocycles. The number of amides is 2. The average Bonchev–Trinajstić information content (AvgIpc) is 2.85. The van der Waals surface area contributed by atoms with Gasteiger partial charge in [-0.3, -0.25) is 24.1 Å². The van der Waals surface area contributed by atoms with Crippen molar-refractivity contribution in [2.75, 3.05) is 13.2 Å². The van der Waals surface area contributed by atoms with Gasteiger partial charge >= 0.3 is 5.97 Å². The predicted octanol–water partition coefficient (Wildman–Crippen LogP) is 1.35. The zero-order valence-corrected chi connectivity index (χ0v) is 14.2. The normalized spacial score (nSPS) is 13.8. The van der Waals surface area contributed by atoms with Crippen molar-refractivity contribution in [1.29, 1.82) is 10.7 Å². The molecule has 0 spiro atoms.